The zero-order valence-corrected chi connectivity index (χ0v) is 25.5. The minimum atomic E-state index is -0.838. The molecule has 3 heteroatoms. The maximum absolute atomic E-state index is 10.8. The van der Waals surface area contributed by atoms with E-state index in [1.165, 1.54) is 161 Å². The summed E-state index contributed by atoms with van der Waals surface area (Å²) in [5.74, 6) is 0. The summed E-state index contributed by atoms with van der Waals surface area (Å²) in [5, 5.41) is 29.3. The molecule has 0 fully saturated rings. The molecule has 0 aromatic carbocycles. The van der Waals surface area contributed by atoms with Crippen LogP contribution in [0, 0.1) is 0 Å². The second-order valence-corrected chi connectivity index (χ2v) is 12.2. The Kier molecular flexibility index (Phi) is 30.3. The molecule has 224 valence electrons. The van der Waals surface area contributed by atoms with Crippen molar-refractivity contribution in [3.63, 3.8) is 0 Å². The van der Waals surface area contributed by atoms with Gasteiger partial charge in [0.2, 0.25) is 0 Å². The molecule has 0 aromatic rings. The summed E-state index contributed by atoms with van der Waals surface area (Å²) in [6, 6.07) is 0. The van der Waals surface area contributed by atoms with E-state index in [2.05, 4.69) is 6.92 Å². The van der Waals surface area contributed by atoms with Crippen molar-refractivity contribution in [2.24, 2.45) is 0 Å². The second-order valence-electron chi connectivity index (χ2n) is 12.2. The van der Waals surface area contributed by atoms with E-state index in [-0.39, 0.29) is 6.61 Å². The van der Waals surface area contributed by atoms with Gasteiger partial charge in [-0.15, -0.1) is 0 Å². The van der Waals surface area contributed by atoms with Gasteiger partial charge in [0.1, 0.15) is 0 Å². The maximum atomic E-state index is 10.8. The van der Waals surface area contributed by atoms with Crippen LogP contribution < -0.4 is 0 Å². The first-order valence-corrected chi connectivity index (χ1v) is 17.1. The quantitative estimate of drug-likeness (QED) is 0.0764. The predicted octanol–water partition coefficient (Wildman–Crippen LogP) is 10.4. The first-order chi connectivity index (χ1) is 18.2. The minimum Gasteiger partial charge on any atom is -0.396 e. The van der Waals surface area contributed by atoms with Crippen LogP contribution in [0.5, 0.6) is 0 Å². The van der Waals surface area contributed by atoms with Crippen LogP contribution in [0.3, 0.4) is 0 Å². The van der Waals surface area contributed by atoms with Gasteiger partial charge in [-0.05, 0) is 19.3 Å². The smallest absolute Gasteiger partial charge is 0.0877 e. The topological polar surface area (TPSA) is 60.7 Å². The summed E-state index contributed by atoms with van der Waals surface area (Å²) in [5.41, 5.74) is -0.838. The van der Waals surface area contributed by atoms with E-state index in [4.69, 9.17) is 5.11 Å². The standard InChI is InChI=1S/C34H70O3/c1-2-3-4-5-6-7-8-9-12-15-18-21-24-27-30-34(37,33-36)31-28-25-22-19-16-13-10-11-14-17-20-23-26-29-32-35/h35-37H,2-33H2,1H3. The number of rotatable bonds is 32. The van der Waals surface area contributed by atoms with Gasteiger partial charge in [-0.25, -0.2) is 0 Å². The molecule has 0 saturated heterocycles. The molecule has 3 N–H and O–H groups in total. The highest BCUT2D eigenvalue weighted by Crippen LogP contribution is 2.23. The van der Waals surface area contributed by atoms with Crippen molar-refractivity contribution in [2.75, 3.05) is 13.2 Å². The lowest BCUT2D eigenvalue weighted by Crippen LogP contribution is -2.33. The number of unbranched alkanes of at least 4 members (excludes halogenated alkanes) is 26. The fourth-order valence-corrected chi connectivity index (χ4v) is 5.62. The van der Waals surface area contributed by atoms with Gasteiger partial charge < -0.3 is 15.3 Å². The second kappa shape index (κ2) is 30.4. The summed E-state index contributed by atoms with van der Waals surface area (Å²) in [6.45, 7) is 2.56. The summed E-state index contributed by atoms with van der Waals surface area (Å²) >= 11 is 0. The predicted molar refractivity (Wildman–Crippen MR) is 163 cm³/mol. The average molecular weight is 527 g/mol. The van der Waals surface area contributed by atoms with Gasteiger partial charge in [0.25, 0.3) is 0 Å². The van der Waals surface area contributed by atoms with E-state index < -0.39 is 5.60 Å². The SMILES string of the molecule is CCCCCCCCCCCCCCCCC(O)(CO)CCCCCCCCCCCCCCCCO. The summed E-state index contributed by atoms with van der Waals surface area (Å²) < 4.78 is 0. The Balaban J connectivity index is 3.40. The molecule has 0 saturated carbocycles. The van der Waals surface area contributed by atoms with Gasteiger partial charge in [-0.1, -0.05) is 180 Å². The van der Waals surface area contributed by atoms with Gasteiger partial charge in [-0.3, -0.25) is 0 Å². The van der Waals surface area contributed by atoms with Gasteiger partial charge in [0.05, 0.1) is 12.2 Å². The van der Waals surface area contributed by atoms with E-state index in [1.54, 1.807) is 0 Å². The highest BCUT2D eigenvalue weighted by atomic mass is 16.3. The lowest BCUT2D eigenvalue weighted by Gasteiger charge is -2.26. The largest absolute Gasteiger partial charge is 0.396 e. The fourth-order valence-electron chi connectivity index (χ4n) is 5.62. The molecule has 0 aromatic heterocycles. The molecule has 1 unspecified atom stereocenters. The Hall–Kier alpha value is -0.120. The molecule has 0 aliphatic carbocycles. The molecule has 0 aliphatic heterocycles. The summed E-state index contributed by atoms with van der Waals surface area (Å²) in [4.78, 5) is 0. The van der Waals surface area contributed by atoms with Gasteiger partial charge >= 0.3 is 0 Å². The number of aliphatic hydroxyl groups is 3. The van der Waals surface area contributed by atoms with Gasteiger partial charge in [-0.2, -0.15) is 0 Å². The third-order valence-electron chi connectivity index (χ3n) is 8.34. The monoisotopic (exact) mass is 527 g/mol. The van der Waals surface area contributed by atoms with E-state index in [9.17, 15) is 10.2 Å². The Morgan fingerprint density at radius 3 is 0.838 bits per heavy atom. The molecule has 0 radical (unpaired) electrons. The lowest BCUT2D eigenvalue weighted by atomic mass is 9.90. The molecule has 0 bridgehead atoms. The zero-order chi connectivity index (χ0) is 27.1. The van der Waals surface area contributed by atoms with Crippen molar-refractivity contribution in [2.45, 2.75) is 205 Å². The van der Waals surface area contributed by atoms with Crippen LogP contribution in [0.4, 0.5) is 0 Å². The minimum absolute atomic E-state index is 0.0765. The van der Waals surface area contributed by atoms with Crippen molar-refractivity contribution in [3.8, 4) is 0 Å². The normalized spacial score (nSPS) is 13.3. The van der Waals surface area contributed by atoms with E-state index in [0.29, 0.717) is 6.61 Å². The van der Waals surface area contributed by atoms with E-state index in [1.807, 2.05) is 0 Å². The van der Waals surface area contributed by atoms with Gasteiger partial charge in [0, 0.05) is 6.61 Å². The molecule has 37 heavy (non-hydrogen) atoms. The maximum Gasteiger partial charge on any atom is 0.0877 e. The first-order valence-electron chi connectivity index (χ1n) is 17.1. The third-order valence-corrected chi connectivity index (χ3v) is 8.34. The molecular weight excluding hydrogens is 456 g/mol. The molecule has 0 heterocycles. The van der Waals surface area contributed by atoms with Crippen LogP contribution in [-0.2, 0) is 0 Å². The van der Waals surface area contributed by atoms with Crippen molar-refractivity contribution >= 4 is 0 Å². The number of hydrogen-bond acceptors (Lipinski definition) is 3. The van der Waals surface area contributed by atoms with Crippen LogP contribution in [0.1, 0.15) is 200 Å². The lowest BCUT2D eigenvalue weighted by molar-refractivity contribution is -0.0314. The first kappa shape index (κ1) is 36.9. The molecule has 3 nitrogen and oxygen atoms in total. The van der Waals surface area contributed by atoms with E-state index in [0.717, 1.165) is 32.1 Å². The van der Waals surface area contributed by atoms with Crippen molar-refractivity contribution in [3.05, 3.63) is 0 Å². The number of aliphatic hydroxyl groups excluding tert-OH is 2. The van der Waals surface area contributed by atoms with E-state index >= 15 is 0 Å². The number of hydrogen-bond donors (Lipinski definition) is 3. The Bertz CT molecular complexity index is 414. The summed E-state index contributed by atoms with van der Waals surface area (Å²) in [6.07, 6.45) is 38.2. The molecule has 0 spiro atoms. The Morgan fingerprint density at radius 2 is 0.595 bits per heavy atom. The van der Waals surface area contributed by atoms with Crippen LogP contribution >= 0.6 is 0 Å². The third kappa shape index (κ3) is 28.7. The summed E-state index contributed by atoms with van der Waals surface area (Å²) in [7, 11) is 0. The highest BCUT2D eigenvalue weighted by Gasteiger charge is 2.24. The van der Waals surface area contributed by atoms with Crippen LogP contribution in [0.25, 0.3) is 0 Å². The highest BCUT2D eigenvalue weighted by molar-refractivity contribution is 4.77. The van der Waals surface area contributed by atoms with Gasteiger partial charge in [0.15, 0.2) is 0 Å². The van der Waals surface area contributed by atoms with Crippen molar-refractivity contribution in [1.82, 2.24) is 0 Å². The zero-order valence-electron chi connectivity index (χ0n) is 25.5. The molecule has 0 amide bonds. The van der Waals surface area contributed by atoms with Crippen molar-refractivity contribution in [1.29, 1.82) is 0 Å². The molecule has 1 atom stereocenters. The Labute approximate surface area is 233 Å². The molecular formula is C34H70O3. The fraction of sp³-hybridized carbons (Fsp3) is 1.00. The van der Waals surface area contributed by atoms with Crippen LogP contribution in [-0.4, -0.2) is 34.1 Å². The van der Waals surface area contributed by atoms with Crippen molar-refractivity contribution < 1.29 is 15.3 Å². The van der Waals surface area contributed by atoms with Crippen LogP contribution in [0.2, 0.25) is 0 Å². The molecule has 0 aliphatic rings. The van der Waals surface area contributed by atoms with Crippen LogP contribution in [0.15, 0.2) is 0 Å². The average Bonchev–Trinajstić information content (AvgIpc) is 2.91. The molecule has 0 rings (SSSR count). The Morgan fingerprint density at radius 1 is 0.351 bits per heavy atom.